The fourth-order valence-electron chi connectivity index (χ4n) is 2.21. The van der Waals surface area contributed by atoms with Crippen LogP contribution in [0.25, 0.3) is 0 Å². The van der Waals surface area contributed by atoms with Crippen molar-refractivity contribution in [1.82, 2.24) is 9.80 Å². The quantitative estimate of drug-likeness (QED) is 0.728. The molecule has 0 saturated heterocycles. The first-order valence-electron chi connectivity index (χ1n) is 7.08. The third-order valence-corrected chi connectivity index (χ3v) is 3.60. The molecule has 1 amide bonds. The molecule has 0 N–H and O–H groups in total. The smallest absolute Gasteiger partial charge is 0.223 e. The molecule has 5 heteroatoms. The molecule has 0 radical (unpaired) electrons. The lowest BCUT2D eigenvalue weighted by atomic mass is 10.3. The molecule has 5 nitrogen and oxygen atoms in total. The van der Waals surface area contributed by atoms with Gasteiger partial charge in [-0.2, -0.15) is 5.26 Å². The van der Waals surface area contributed by atoms with Crippen molar-refractivity contribution >= 4 is 5.91 Å². The second kappa shape index (κ2) is 7.11. The second-order valence-corrected chi connectivity index (χ2v) is 5.25. The van der Waals surface area contributed by atoms with Crippen molar-refractivity contribution in [3.05, 3.63) is 24.2 Å². The van der Waals surface area contributed by atoms with Crippen molar-refractivity contribution in [2.24, 2.45) is 0 Å². The maximum Gasteiger partial charge on any atom is 0.223 e. The molecule has 20 heavy (non-hydrogen) atoms. The molecule has 1 aliphatic rings. The Labute approximate surface area is 119 Å². The molecular weight excluding hydrogens is 254 g/mol. The SMILES string of the molecule is CN(CCC#N)C(=O)CCN(Cc1ccco1)C1CC1. The lowest BCUT2D eigenvalue weighted by Crippen LogP contribution is -2.33. The molecule has 1 fully saturated rings. The minimum atomic E-state index is 0.102. The van der Waals surface area contributed by atoms with E-state index in [2.05, 4.69) is 11.0 Å². The van der Waals surface area contributed by atoms with Crippen LogP contribution < -0.4 is 0 Å². The van der Waals surface area contributed by atoms with Gasteiger partial charge in [0.2, 0.25) is 5.91 Å². The molecule has 0 atom stereocenters. The maximum absolute atomic E-state index is 12.0. The minimum Gasteiger partial charge on any atom is -0.468 e. The number of rotatable bonds is 8. The highest BCUT2D eigenvalue weighted by Gasteiger charge is 2.29. The zero-order valence-electron chi connectivity index (χ0n) is 11.9. The van der Waals surface area contributed by atoms with Gasteiger partial charge in [-0.3, -0.25) is 9.69 Å². The van der Waals surface area contributed by atoms with Crippen LogP contribution in [-0.4, -0.2) is 41.9 Å². The van der Waals surface area contributed by atoms with Crippen molar-refractivity contribution in [3.8, 4) is 6.07 Å². The summed E-state index contributed by atoms with van der Waals surface area (Å²) >= 11 is 0. The lowest BCUT2D eigenvalue weighted by Gasteiger charge is -2.22. The van der Waals surface area contributed by atoms with Gasteiger partial charge >= 0.3 is 0 Å². The highest BCUT2D eigenvalue weighted by atomic mass is 16.3. The first-order chi connectivity index (χ1) is 9.70. The number of amides is 1. The number of carbonyl (C=O) groups excluding carboxylic acids is 1. The summed E-state index contributed by atoms with van der Waals surface area (Å²) in [5.74, 6) is 1.05. The van der Waals surface area contributed by atoms with Crippen LogP contribution in [0.15, 0.2) is 22.8 Å². The third kappa shape index (κ3) is 4.39. The topological polar surface area (TPSA) is 60.5 Å². The van der Waals surface area contributed by atoms with E-state index >= 15 is 0 Å². The molecule has 108 valence electrons. The van der Waals surface area contributed by atoms with Crippen LogP contribution in [0.5, 0.6) is 0 Å². The summed E-state index contributed by atoms with van der Waals surface area (Å²) in [5.41, 5.74) is 0. The number of carbonyl (C=O) groups is 1. The fraction of sp³-hybridized carbons (Fsp3) is 0.600. The first-order valence-corrected chi connectivity index (χ1v) is 7.08. The first kappa shape index (κ1) is 14.6. The summed E-state index contributed by atoms with van der Waals surface area (Å²) in [6, 6.07) is 6.51. The van der Waals surface area contributed by atoms with E-state index in [0.29, 0.717) is 25.4 Å². The standard InChI is InChI=1S/C15H21N3O2/c1-17(9-3-8-16)15(19)7-10-18(13-5-6-13)12-14-4-2-11-20-14/h2,4,11,13H,3,5-7,9-10,12H2,1H3. The van der Waals surface area contributed by atoms with Crippen LogP contribution in [0, 0.1) is 11.3 Å². The number of nitriles is 1. The van der Waals surface area contributed by atoms with E-state index in [9.17, 15) is 4.79 Å². The van der Waals surface area contributed by atoms with Crippen LogP contribution >= 0.6 is 0 Å². The predicted molar refractivity (Wildman–Crippen MR) is 74.6 cm³/mol. The van der Waals surface area contributed by atoms with Crippen molar-refractivity contribution in [2.75, 3.05) is 20.1 Å². The van der Waals surface area contributed by atoms with E-state index in [4.69, 9.17) is 9.68 Å². The van der Waals surface area contributed by atoms with Crippen molar-refractivity contribution in [2.45, 2.75) is 38.3 Å². The van der Waals surface area contributed by atoms with Crippen LogP contribution in [0.4, 0.5) is 0 Å². The summed E-state index contributed by atoms with van der Waals surface area (Å²) in [6.07, 6.45) is 4.99. The predicted octanol–water partition coefficient (Wildman–Crippen LogP) is 2.01. The maximum atomic E-state index is 12.0. The van der Waals surface area contributed by atoms with Gasteiger partial charge in [0, 0.05) is 32.6 Å². The summed E-state index contributed by atoms with van der Waals surface area (Å²) in [7, 11) is 1.76. The van der Waals surface area contributed by atoms with Gasteiger partial charge in [0.05, 0.1) is 25.3 Å². The Morgan fingerprint density at radius 2 is 2.30 bits per heavy atom. The van der Waals surface area contributed by atoms with Crippen LogP contribution in [0.1, 0.15) is 31.4 Å². The number of nitrogens with zero attached hydrogens (tertiary/aromatic N) is 3. The van der Waals surface area contributed by atoms with E-state index < -0.39 is 0 Å². The summed E-state index contributed by atoms with van der Waals surface area (Å²) in [5, 5.41) is 8.53. The van der Waals surface area contributed by atoms with E-state index in [0.717, 1.165) is 18.8 Å². The minimum absolute atomic E-state index is 0.102. The largest absolute Gasteiger partial charge is 0.468 e. The molecule has 0 aliphatic heterocycles. The lowest BCUT2D eigenvalue weighted by molar-refractivity contribution is -0.130. The van der Waals surface area contributed by atoms with Crippen LogP contribution in [0.3, 0.4) is 0 Å². The van der Waals surface area contributed by atoms with Gasteiger partial charge in [-0.1, -0.05) is 0 Å². The van der Waals surface area contributed by atoms with Gasteiger partial charge in [0.15, 0.2) is 0 Å². The van der Waals surface area contributed by atoms with Crippen LogP contribution in [0.2, 0.25) is 0 Å². The number of furan rings is 1. The molecule has 1 heterocycles. The van der Waals surface area contributed by atoms with Crippen LogP contribution in [-0.2, 0) is 11.3 Å². The molecule has 2 rings (SSSR count). The van der Waals surface area contributed by atoms with E-state index in [1.165, 1.54) is 12.8 Å². The Morgan fingerprint density at radius 3 is 2.90 bits per heavy atom. The Morgan fingerprint density at radius 1 is 1.50 bits per heavy atom. The van der Waals surface area contributed by atoms with Gasteiger partial charge in [0.25, 0.3) is 0 Å². The Kier molecular flexibility index (Phi) is 5.19. The van der Waals surface area contributed by atoms with E-state index in [-0.39, 0.29) is 5.91 Å². The van der Waals surface area contributed by atoms with Gasteiger partial charge in [-0.25, -0.2) is 0 Å². The molecule has 0 aromatic carbocycles. The van der Waals surface area contributed by atoms with Crippen molar-refractivity contribution in [1.29, 1.82) is 5.26 Å². The van der Waals surface area contributed by atoms with Gasteiger partial charge < -0.3 is 9.32 Å². The highest BCUT2D eigenvalue weighted by Crippen LogP contribution is 2.28. The third-order valence-electron chi connectivity index (χ3n) is 3.60. The summed E-state index contributed by atoms with van der Waals surface area (Å²) < 4.78 is 5.38. The van der Waals surface area contributed by atoms with Gasteiger partial charge in [-0.15, -0.1) is 0 Å². The molecule has 1 aromatic rings. The zero-order chi connectivity index (χ0) is 14.4. The molecule has 0 spiro atoms. The monoisotopic (exact) mass is 275 g/mol. The average Bonchev–Trinajstić information content (AvgIpc) is 3.17. The summed E-state index contributed by atoms with van der Waals surface area (Å²) in [6.45, 7) is 2.03. The zero-order valence-corrected chi connectivity index (χ0v) is 11.9. The van der Waals surface area contributed by atoms with E-state index in [1.807, 2.05) is 12.1 Å². The molecule has 1 aliphatic carbocycles. The number of hydrogen-bond donors (Lipinski definition) is 0. The average molecular weight is 275 g/mol. The Balaban J connectivity index is 1.77. The summed E-state index contributed by atoms with van der Waals surface area (Å²) in [4.78, 5) is 15.9. The fourth-order valence-corrected chi connectivity index (χ4v) is 2.21. The normalized spacial score (nSPS) is 14.2. The molecule has 1 saturated carbocycles. The molecule has 0 bridgehead atoms. The second-order valence-electron chi connectivity index (χ2n) is 5.25. The highest BCUT2D eigenvalue weighted by molar-refractivity contribution is 5.76. The molecule has 1 aromatic heterocycles. The van der Waals surface area contributed by atoms with E-state index in [1.54, 1.807) is 18.2 Å². The van der Waals surface area contributed by atoms with Gasteiger partial charge in [-0.05, 0) is 25.0 Å². The number of hydrogen-bond acceptors (Lipinski definition) is 4. The Hall–Kier alpha value is -1.80. The van der Waals surface area contributed by atoms with Gasteiger partial charge in [0.1, 0.15) is 5.76 Å². The Bertz CT molecular complexity index is 460. The molecular formula is C15H21N3O2. The van der Waals surface area contributed by atoms with Crippen molar-refractivity contribution in [3.63, 3.8) is 0 Å². The molecule has 0 unspecified atom stereocenters. The van der Waals surface area contributed by atoms with Crippen molar-refractivity contribution < 1.29 is 9.21 Å².